The Bertz CT molecular complexity index is 279. The maximum atomic E-state index is 5.30. The van der Waals surface area contributed by atoms with Crippen LogP contribution in [0.2, 0.25) is 0 Å². The van der Waals surface area contributed by atoms with Gasteiger partial charge < -0.3 is 15.0 Å². The average Bonchev–Trinajstić information content (AvgIpc) is 2.39. The molecule has 0 aromatic carbocycles. The lowest BCUT2D eigenvalue weighted by atomic mass is 9.83. The fourth-order valence-corrected chi connectivity index (χ4v) is 3.39. The van der Waals surface area contributed by atoms with Crippen LogP contribution in [0.25, 0.3) is 0 Å². The quantitative estimate of drug-likeness (QED) is 0.742. The molecule has 3 heteroatoms. The van der Waals surface area contributed by atoms with Crippen molar-refractivity contribution in [1.82, 2.24) is 10.2 Å². The molecule has 126 valence electrons. The summed E-state index contributed by atoms with van der Waals surface area (Å²) in [5, 5.41) is 3.72. The molecule has 1 fully saturated rings. The van der Waals surface area contributed by atoms with Gasteiger partial charge in [-0.3, -0.25) is 0 Å². The Labute approximate surface area is 132 Å². The Morgan fingerprint density at radius 3 is 2.24 bits per heavy atom. The molecule has 1 heterocycles. The van der Waals surface area contributed by atoms with Gasteiger partial charge in [-0.25, -0.2) is 0 Å². The fraction of sp³-hybridized carbons (Fsp3) is 1.00. The average molecular weight is 299 g/mol. The molecule has 21 heavy (non-hydrogen) atoms. The zero-order chi connectivity index (χ0) is 15.9. The van der Waals surface area contributed by atoms with E-state index in [0.717, 1.165) is 19.1 Å². The molecule has 1 saturated heterocycles. The van der Waals surface area contributed by atoms with Gasteiger partial charge in [0, 0.05) is 32.3 Å². The summed E-state index contributed by atoms with van der Waals surface area (Å²) < 4.78 is 5.30. The lowest BCUT2D eigenvalue weighted by molar-refractivity contribution is 0.0723. The van der Waals surface area contributed by atoms with Crippen LogP contribution in [0.1, 0.15) is 60.3 Å². The third-order valence-corrected chi connectivity index (χ3v) is 4.61. The van der Waals surface area contributed by atoms with Gasteiger partial charge in [0.2, 0.25) is 0 Å². The molecule has 0 aromatic heterocycles. The number of nitrogens with zero attached hydrogens (tertiary/aromatic N) is 1. The van der Waals surface area contributed by atoms with Gasteiger partial charge in [0.15, 0.2) is 0 Å². The molecule has 0 bridgehead atoms. The Morgan fingerprint density at radius 2 is 1.76 bits per heavy atom. The predicted octanol–water partition coefficient (Wildman–Crippen LogP) is 3.54. The molecule has 1 rings (SSSR count). The van der Waals surface area contributed by atoms with Crippen molar-refractivity contribution in [2.75, 3.05) is 39.9 Å². The van der Waals surface area contributed by atoms with Gasteiger partial charge in [-0.05, 0) is 64.5 Å². The van der Waals surface area contributed by atoms with Gasteiger partial charge in [0.05, 0.1) is 0 Å². The summed E-state index contributed by atoms with van der Waals surface area (Å²) in [6, 6.07) is 0. The molecule has 0 saturated carbocycles. The minimum Gasteiger partial charge on any atom is -0.384 e. The topological polar surface area (TPSA) is 24.5 Å². The van der Waals surface area contributed by atoms with Crippen LogP contribution in [0.3, 0.4) is 0 Å². The Balaban J connectivity index is 2.46. The second-order valence-corrected chi connectivity index (χ2v) is 8.34. The first-order valence-corrected chi connectivity index (χ1v) is 8.74. The second kappa shape index (κ2) is 8.50. The third kappa shape index (κ3) is 7.62. The van der Waals surface area contributed by atoms with E-state index >= 15 is 0 Å². The van der Waals surface area contributed by atoms with E-state index in [1.54, 1.807) is 0 Å². The number of piperidine rings is 1. The highest BCUT2D eigenvalue weighted by atomic mass is 16.5. The largest absolute Gasteiger partial charge is 0.384 e. The van der Waals surface area contributed by atoms with Crippen LogP contribution in [-0.2, 0) is 4.74 Å². The first kappa shape index (κ1) is 18.9. The van der Waals surface area contributed by atoms with Crippen molar-refractivity contribution < 1.29 is 4.74 Å². The van der Waals surface area contributed by atoms with Crippen molar-refractivity contribution in [1.29, 1.82) is 0 Å². The number of rotatable bonds is 8. The molecule has 0 aliphatic carbocycles. The second-order valence-electron chi connectivity index (χ2n) is 8.34. The molecule has 1 aliphatic rings. The first-order chi connectivity index (χ1) is 9.78. The van der Waals surface area contributed by atoms with Crippen molar-refractivity contribution in [3.8, 4) is 0 Å². The highest BCUT2D eigenvalue weighted by Gasteiger charge is 2.29. The highest BCUT2D eigenvalue weighted by molar-refractivity contribution is 4.85. The van der Waals surface area contributed by atoms with E-state index in [1.165, 1.54) is 45.3 Å². The van der Waals surface area contributed by atoms with E-state index in [9.17, 15) is 0 Å². The molecule has 1 aliphatic heterocycles. The highest BCUT2D eigenvalue weighted by Crippen LogP contribution is 2.27. The van der Waals surface area contributed by atoms with Gasteiger partial charge >= 0.3 is 0 Å². The predicted molar refractivity (Wildman–Crippen MR) is 91.8 cm³/mol. The molecular weight excluding hydrogens is 260 g/mol. The smallest absolute Gasteiger partial charge is 0.0491 e. The lowest BCUT2D eigenvalue weighted by Gasteiger charge is -2.40. The maximum absolute atomic E-state index is 5.30. The SMILES string of the molecule is CCCC(C)(CNC(C)(C)C)CN1CCC(COC)CC1. The zero-order valence-electron chi connectivity index (χ0n) is 15.3. The van der Waals surface area contributed by atoms with Crippen LogP contribution in [0.5, 0.6) is 0 Å². The van der Waals surface area contributed by atoms with E-state index in [-0.39, 0.29) is 5.54 Å². The molecule has 0 amide bonds. The number of methoxy groups -OCH3 is 1. The van der Waals surface area contributed by atoms with E-state index in [0.29, 0.717) is 5.41 Å². The van der Waals surface area contributed by atoms with Crippen LogP contribution in [0.15, 0.2) is 0 Å². The number of hydrogen-bond donors (Lipinski definition) is 1. The molecule has 3 nitrogen and oxygen atoms in total. The summed E-state index contributed by atoms with van der Waals surface area (Å²) in [5.74, 6) is 0.774. The van der Waals surface area contributed by atoms with E-state index in [2.05, 4.69) is 44.8 Å². The van der Waals surface area contributed by atoms with Crippen molar-refractivity contribution in [2.24, 2.45) is 11.3 Å². The zero-order valence-corrected chi connectivity index (χ0v) is 15.3. The van der Waals surface area contributed by atoms with Crippen molar-refractivity contribution in [2.45, 2.75) is 65.8 Å². The van der Waals surface area contributed by atoms with Crippen LogP contribution < -0.4 is 5.32 Å². The van der Waals surface area contributed by atoms with Gasteiger partial charge in [-0.2, -0.15) is 0 Å². The van der Waals surface area contributed by atoms with Crippen LogP contribution in [0, 0.1) is 11.3 Å². The monoisotopic (exact) mass is 298 g/mol. The van der Waals surface area contributed by atoms with Crippen LogP contribution in [-0.4, -0.2) is 50.3 Å². The summed E-state index contributed by atoms with van der Waals surface area (Å²) in [5.41, 5.74) is 0.594. The van der Waals surface area contributed by atoms with Crippen molar-refractivity contribution >= 4 is 0 Å². The molecule has 1 unspecified atom stereocenters. The normalized spacial score (nSPS) is 21.4. The van der Waals surface area contributed by atoms with Crippen LogP contribution in [0.4, 0.5) is 0 Å². The molecule has 0 aromatic rings. The fourth-order valence-electron chi connectivity index (χ4n) is 3.39. The van der Waals surface area contributed by atoms with Crippen LogP contribution >= 0.6 is 0 Å². The minimum absolute atomic E-state index is 0.209. The molecule has 1 N–H and O–H groups in total. The van der Waals surface area contributed by atoms with Gasteiger partial charge in [-0.1, -0.05) is 20.3 Å². The van der Waals surface area contributed by atoms with E-state index in [1.807, 2.05) is 7.11 Å². The molecule has 0 radical (unpaired) electrons. The minimum atomic E-state index is 0.209. The van der Waals surface area contributed by atoms with Crippen molar-refractivity contribution in [3.63, 3.8) is 0 Å². The Hall–Kier alpha value is -0.120. The van der Waals surface area contributed by atoms with E-state index < -0.39 is 0 Å². The summed E-state index contributed by atoms with van der Waals surface area (Å²) in [4.78, 5) is 2.67. The standard InChI is InChI=1S/C18H38N2O/c1-7-10-18(5,14-19-17(2,3)4)15-20-11-8-16(9-12-20)13-21-6/h16,19H,7-15H2,1-6H3. The summed E-state index contributed by atoms with van der Waals surface area (Å²) in [6.07, 6.45) is 5.15. The number of ether oxygens (including phenoxy) is 1. The van der Waals surface area contributed by atoms with Crippen molar-refractivity contribution in [3.05, 3.63) is 0 Å². The Kier molecular flexibility index (Phi) is 7.66. The Morgan fingerprint density at radius 1 is 1.14 bits per heavy atom. The molecular formula is C18H38N2O. The summed E-state index contributed by atoms with van der Waals surface area (Å²) in [6.45, 7) is 17.3. The van der Waals surface area contributed by atoms with Gasteiger partial charge in [0.25, 0.3) is 0 Å². The van der Waals surface area contributed by atoms with E-state index in [4.69, 9.17) is 4.74 Å². The number of hydrogen-bond acceptors (Lipinski definition) is 3. The van der Waals surface area contributed by atoms with Gasteiger partial charge in [0.1, 0.15) is 0 Å². The summed E-state index contributed by atoms with van der Waals surface area (Å²) in [7, 11) is 1.82. The summed E-state index contributed by atoms with van der Waals surface area (Å²) >= 11 is 0. The molecule has 0 spiro atoms. The molecule has 1 atom stereocenters. The third-order valence-electron chi connectivity index (χ3n) is 4.61. The number of nitrogens with one attached hydrogen (secondary N) is 1. The maximum Gasteiger partial charge on any atom is 0.0491 e. The lowest BCUT2D eigenvalue weighted by Crippen LogP contribution is -2.49. The van der Waals surface area contributed by atoms with Gasteiger partial charge in [-0.15, -0.1) is 0 Å². The first-order valence-electron chi connectivity index (χ1n) is 8.74. The number of likely N-dealkylation sites (tertiary alicyclic amines) is 1.